The van der Waals surface area contributed by atoms with Crippen LogP contribution in [0, 0.1) is 5.82 Å². The van der Waals surface area contributed by atoms with Crippen LogP contribution in [-0.2, 0) is 4.79 Å². The van der Waals surface area contributed by atoms with Crippen LogP contribution in [0.25, 0.3) is 5.57 Å². The highest BCUT2D eigenvalue weighted by molar-refractivity contribution is 5.92. The van der Waals surface area contributed by atoms with E-state index in [4.69, 9.17) is 4.74 Å². The summed E-state index contributed by atoms with van der Waals surface area (Å²) >= 11 is 0. The molecule has 0 fully saturated rings. The molecule has 0 spiro atoms. The topological polar surface area (TPSA) is 46.5 Å². The lowest BCUT2D eigenvalue weighted by Crippen LogP contribution is -2.03. The standard InChI is InChI=1S/C19H21FO3/c1-3-10-23-15-8-9-18(20)17(12-15)14-6-5-7-16(19(21)22)13(4-2)11-14/h5-9,12H,3-4,10-11H2,1-2H3,(H,21,22). The van der Waals surface area contributed by atoms with Crippen LogP contribution in [0.2, 0.25) is 0 Å². The predicted molar refractivity (Wildman–Crippen MR) is 88.9 cm³/mol. The van der Waals surface area contributed by atoms with Crippen LogP contribution in [0.4, 0.5) is 4.39 Å². The molecule has 1 N–H and O–H groups in total. The summed E-state index contributed by atoms with van der Waals surface area (Å²) in [5, 5.41) is 9.29. The third-order valence-electron chi connectivity index (χ3n) is 3.76. The van der Waals surface area contributed by atoms with E-state index in [1.54, 1.807) is 30.4 Å². The van der Waals surface area contributed by atoms with E-state index in [0.29, 0.717) is 30.8 Å². The lowest BCUT2D eigenvalue weighted by molar-refractivity contribution is -0.132. The first-order valence-electron chi connectivity index (χ1n) is 7.82. The summed E-state index contributed by atoms with van der Waals surface area (Å²) < 4.78 is 19.8. The summed E-state index contributed by atoms with van der Waals surface area (Å²) in [5.41, 5.74) is 2.30. The molecule has 3 nitrogen and oxygen atoms in total. The quantitative estimate of drug-likeness (QED) is 0.824. The van der Waals surface area contributed by atoms with Crippen LogP contribution in [0.3, 0.4) is 0 Å². The number of carbonyl (C=O) groups is 1. The highest BCUT2D eigenvalue weighted by Crippen LogP contribution is 2.32. The summed E-state index contributed by atoms with van der Waals surface area (Å²) in [6.45, 7) is 4.49. The maximum atomic E-state index is 14.2. The molecule has 2 rings (SSSR count). The van der Waals surface area contributed by atoms with Crippen molar-refractivity contribution in [1.29, 1.82) is 0 Å². The Morgan fingerprint density at radius 3 is 2.78 bits per heavy atom. The lowest BCUT2D eigenvalue weighted by Gasteiger charge is -2.13. The summed E-state index contributed by atoms with van der Waals surface area (Å²) in [5.74, 6) is -0.658. The van der Waals surface area contributed by atoms with Gasteiger partial charge in [0.25, 0.3) is 0 Å². The van der Waals surface area contributed by atoms with E-state index in [1.807, 2.05) is 13.8 Å². The molecule has 0 saturated heterocycles. The van der Waals surface area contributed by atoms with Crippen molar-refractivity contribution >= 4 is 11.5 Å². The molecule has 0 atom stereocenters. The fourth-order valence-electron chi connectivity index (χ4n) is 2.55. The first-order valence-corrected chi connectivity index (χ1v) is 7.82. The van der Waals surface area contributed by atoms with E-state index in [0.717, 1.165) is 17.6 Å². The van der Waals surface area contributed by atoms with Crippen molar-refractivity contribution in [2.45, 2.75) is 33.1 Å². The van der Waals surface area contributed by atoms with Crippen molar-refractivity contribution in [2.24, 2.45) is 0 Å². The van der Waals surface area contributed by atoms with E-state index in [1.165, 1.54) is 6.07 Å². The van der Waals surface area contributed by atoms with Gasteiger partial charge in [0, 0.05) is 5.56 Å². The molecular formula is C19H21FO3. The van der Waals surface area contributed by atoms with Gasteiger partial charge >= 0.3 is 5.97 Å². The Kier molecular flexibility index (Phi) is 5.74. The average molecular weight is 316 g/mol. The first kappa shape index (κ1) is 17.0. The van der Waals surface area contributed by atoms with Gasteiger partial charge in [0.2, 0.25) is 0 Å². The fourth-order valence-corrected chi connectivity index (χ4v) is 2.55. The molecule has 0 aromatic heterocycles. The number of carboxylic acid groups (broad SMARTS) is 1. The molecule has 0 bridgehead atoms. The van der Waals surface area contributed by atoms with Crippen LogP contribution in [0.5, 0.6) is 5.75 Å². The molecule has 1 aromatic rings. The number of halogens is 1. The van der Waals surface area contributed by atoms with Crippen LogP contribution in [0.1, 0.15) is 38.7 Å². The molecule has 0 unspecified atom stereocenters. The number of hydrogen-bond acceptors (Lipinski definition) is 2. The molecule has 23 heavy (non-hydrogen) atoms. The van der Waals surface area contributed by atoms with Crippen LogP contribution in [0.15, 0.2) is 47.6 Å². The lowest BCUT2D eigenvalue weighted by atomic mass is 9.94. The Balaban J connectivity index is 2.37. The van der Waals surface area contributed by atoms with Crippen molar-refractivity contribution in [1.82, 2.24) is 0 Å². The molecule has 1 aliphatic carbocycles. The molecule has 1 aliphatic rings. The van der Waals surface area contributed by atoms with Crippen molar-refractivity contribution in [3.63, 3.8) is 0 Å². The summed E-state index contributed by atoms with van der Waals surface area (Å²) in [4.78, 5) is 11.3. The van der Waals surface area contributed by atoms with Gasteiger partial charge in [0.05, 0.1) is 12.2 Å². The maximum absolute atomic E-state index is 14.2. The minimum atomic E-state index is -0.951. The molecular weight excluding hydrogens is 295 g/mol. The van der Waals surface area contributed by atoms with Crippen LogP contribution < -0.4 is 4.74 Å². The molecule has 4 heteroatoms. The number of allylic oxidation sites excluding steroid dienone is 4. The summed E-state index contributed by atoms with van der Waals surface area (Å²) in [6.07, 6.45) is 6.91. The molecule has 0 aliphatic heterocycles. The first-order chi connectivity index (χ1) is 11.1. The third-order valence-corrected chi connectivity index (χ3v) is 3.76. The second kappa shape index (κ2) is 7.77. The van der Waals surface area contributed by atoms with E-state index < -0.39 is 5.97 Å². The van der Waals surface area contributed by atoms with Crippen molar-refractivity contribution in [3.05, 3.63) is 59.0 Å². The highest BCUT2D eigenvalue weighted by Gasteiger charge is 2.17. The van der Waals surface area contributed by atoms with Crippen LogP contribution in [-0.4, -0.2) is 17.7 Å². The zero-order valence-corrected chi connectivity index (χ0v) is 13.4. The maximum Gasteiger partial charge on any atom is 0.335 e. The largest absolute Gasteiger partial charge is 0.494 e. The van der Waals surface area contributed by atoms with E-state index in [2.05, 4.69) is 0 Å². The molecule has 1 aromatic carbocycles. The summed E-state index contributed by atoms with van der Waals surface area (Å²) in [6, 6.07) is 4.69. The average Bonchev–Trinajstić information content (AvgIpc) is 2.76. The van der Waals surface area contributed by atoms with E-state index in [-0.39, 0.29) is 11.4 Å². The minimum absolute atomic E-state index is 0.289. The second-order valence-electron chi connectivity index (χ2n) is 5.39. The van der Waals surface area contributed by atoms with Crippen molar-refractivity contribution < 1.29 is 19.0 Å². The van der Waals surface area contributed by atoms with Gasteiger partial charge in [-0.15, -0.1) is 0 Å². The molecule has 0 heterocycles. The molecule has 0 saturated carbocycles. The normalized spacial score (nSPS) is 14.5. The second-order valence-corrected chi connectivity index (χ2v) is 5.39. The van der Waals surface area contributed by atoms with Crippen LogP contribution >= 0.6 is 0 Å². The Bertz CT molecular complexity index is 684. The van der Waals surface area contributed by atoms with E-state index in [9.17, 15) is 14.3 Å². The minimum Gasteiger partial charge on any atom is -0.494 e. The zero-order chi connectivity index (χ0) is 16.8. The third kappa shape index (κ3) is 4.09. The Morgan fingerprint density at radius 2 is 2.13 bits per heavy atom. The van der Waals surface area contributed by atoms with Gasteiger partial charge in [0.15, 0.2) is 0 Å². The number of benzene rings is 1. The van der Waals surface area contributed by atoms with Gasteiger partial charge in [-0.1, -0.05) is 31.6 Å². The Hall–Kier alpha value is -2.36. The number of carboxylic acids is 1. The molecule has 0 amide bonds. The van der Waals surface area contributed by atoms with Crippen molar-refractivity contribution in [3.8, 4) is 5.75 Å². The van der Waals surface area contributed by atoms with Gasteiger partial charge in [-0.3, -0.25) is 0 Å². The van der Waals surface area contributed by atoms with Gasteiger partial charge in [-0.2, -0.15) is 0 Å². The number of ether oxygens (including phenoxy) is 1. The fraction of sp³-hybridized carbons (Fsp3) is 0.316. The zero-order valence-electron chi connectivity index (χ0n) is 13.4. The smallest absolute Gasteiger partial charge is 0.335 e. The van der Waals surface area contributed by atoms with E-state index >= 15 is 0 Å². The molecule has 0 radical (unpaired) electrons. The van der Waals surface area contributed by atoms with Crippen molar-refractivity contribution in [2.75, 3.05) is 6.61 Å². The number of hydrogen-bond donors (Lipinski definition) is 1. The predicted octanol–water partition coefficient (Wildman–Crippen LogP) is 4.75. The Morgan fingerprint density at radius 1 is 1.35 bits per heavy atom. The molecule has 122 valence electrons. The SMILES string of the molecule is CCCOc1ccc(F)c(C2=CC=CC(C(=O)O)=C(CC)C2)c1. The number of aliphatic carboxylic acids is 1. The number of rotatable bonds is 6. The summed E-state index contributed by atoms with van der Waals surface area (Å²) in [7, 11) is 0. The van der Waals surface area contributed by atoms with Gasteiger partial charge in [-0.05, 0) is 49.1 Å². The van der Waals surface area contributed by atoms with Gasteiger partial charge in [-0.25, -0.2) is 9.18 Å². The van der Waals surface area contributed by atoms with Gasteiger partial charge in [0.1, 0.15) is 11.6 Å². The Labute approximate surface area is 135 Å². The highest BCUT2D eigenvalue weighted by atomic mass is 19.1. The monoisotopic (exact) mass is 316 g/mol. The van der Waals surface area contributed by atoms with Gasteiger partial charge < -0.3 is 9.84 Å².